The van der Waals surface area contributed by atoms with E-state index in [2.05, 4.69) is 0 Å². The Balaban J connectivity index is 1.86. The van der Waals surface area contributed by atoms with E-state index in [1.807, 2.05) is 50.3 Å². The van der Waals surface area contributed by atoms with Crippen LogP contribution in [0.2, 0.25) is 0 Å². The summed E-state index contributed by atoms with van der Waals surface area (Å²) in [5.41, 5.74) is 2.01. The lowest BCUT2D eigenvalue weighted by Gasteiger charge is -2.22. The average molecular weight is 317 g/mol. The minimum Gasteiger partial charge on any atom is -0.459 e. The van der Waals surface area contributed by atoms with Crippen LogP contribution in [0.25, 0.3) is 0 Å². The lowest BCUT2D eigenvalue weighted by molar-refractivity contribution is -0.149. The molecule has 0 spiro atoms. The van der Waals surface area contributed by atoms with Crippen molar-refractivity contribution < 1.29 is 19.1 Å². The molecule has 0 aromatic heterocycles. The number of amides is 1. The molecule has 0 radical (unpaired) electrons. The van der Waals surface area contributed by atoms with Crippen LogP contribution in [-0.2, 0) is 20.9 Å². The van der Waals surface area contributed by atoms with Gasteiger partial charge >= 0.3 is 12.1 Å². The zero-order valence-electron chi connectivity index (χ0n) is 13.7. The number of esters is 1. The third-order valence-electron chi connectivity index (χ3n) is 3.68. The topological polar surface area (TPSA) is 55.8 Å². The third kappa shape index (κ3) is 5.13. The van der Waals surface area contributed by atoms with Gasteiger partial charge < -0.3 is 9.47 Å². The highest BCUT2D eigenvalue weighted by atomic mass is 16.6. The predicted molar refractivity (Wildman–Crippen MR) is 86.7 cm³/mol. The molecule has 0 aliphatic carbocycles. The first-order valence-corrected chi connectivity index (χ1v) is 7.85. The fraction of sp³-hybridized carbons (Fsp3) is 0.444. The molecule has 1 heterocycles. The standard InChI is InChI=1S/C18H23NO4/c1-14(2)10-12-22-18(21)19-11-6-9-16(19)17(20)23-13-15-7-4-3-5-8-15/h3-5,7-8,10,16H,6,9,11-13H2,1-2H3/t16-/m0/s1. The van der Waals surface area contributed by atoms with Crippen molar-refractivity contribution in [2.45, 2.75) is 39.3 Å². The molecule has 0 N–H and O–H groups in total. The third-order valence-corrected chi connectivity index (χ3v) is 3.68. The second kappa shape index (κ2) is 8.36. The molecule has 1 amide bonds. The zero-order valence-corrected chi connectivity index (χ0v) is 13.7. The highest BCUT2D eigenvalue weighted by molar-refractivity contribution is 5.82. The van der Waals surface area contributed by atoms with Crippen molar-refractivity contribution in [2.24, 2.45) is 0 Å². The van der Waals surface area contributed by atoms with Gasteiger partial charge in [-0.15, -0.1) is 0 Å². The van der Waals surface area contributed by atoms with Crippen molar-refractivity contribution in [3.63, 3.8) is 0 Å². The Morgan fingerprint density at radius 1 is 1.22 bits per heavy atom. The largest absolute Gasteiger partial charge is 0.459 e. The predicted octanol–water partition coefficient (Wildman–Crippen LogP) is 3.30. The van der Waals surface area contributed by atoms with Crippen molar-refractivity contribution in [1.29, 1.82) is 0 Å². The SMILES string of the molecule is CC(C)=CCOC(=O)N1CCC[C@H]1C(=O)OCc1ccccc1. The monoisotopic (exact) mass is 317 g/mol. The Morgan fingerprint density at radius 2 is 1.96 bits per heavy atom. The Bertz CT molecular complexity index is 564. The average Bonchev–Trinajstić information content (AvgIpc) is 3.03. The number of nitrogens with zero attached hydrogens (tertiary/aromatic N) is 1. The Kier molecular flexibility index (Phi) is 6.20. The lowest BCUT2D eigenvalue weighted by atomic mass is 10.2. The van der Waals surface area contributed by atoms with Gasteiger partial charge in [0.15, 0.2) is 0 Å². The van der Waals surface area contributed by atoms with Crippen LogP contribution < -0.4 is 0 Å². The van der Waals surface area contributed by atoms with Gasteiger partial charge in [0.1, 0.15) is 19.3 Å². The second-order valence-electron chi connectivity index (χ2n) is 5.80. The molecule has 1 saturated heterocycles. The van der Waals surface area contributed by atoms with E-state index >= 15 is 0 Å². The molecule has 5 heteroatoms. The van der Waals surface area contributed by atoms with Gasteiger partial charge in [-0.25, -0.2) is 9.59 Å². The number of likely N-dealkylation sites (tertiary alicyclic amines) is 1. The smallest absolute Gasteiger partial charge is 0.410 e. The molecule has 5 nitrogen and oxygen atoms in total. The van der Waals surface area contributed by atoms with Crippen molar-refractivity contribution >= 4 is 12.1 Å². The molecule has 124 valence electrons. The molecule has 1 aliphatic rings. The molecule has 2 rings (SSSR count). The van der Waals surface area contributed by atoms with Gasteiger partial charge in [0, 0.05) is 6.54 Å². The van der Waals surface area contributed by atoms with Crippen molar-refractivity contribution in [3.05, 3.63) is 47.5 Å². The van der Waals surface area contributed by atoms with Gasteiger partial charge in [-0.1, -0.05) is 35.9 Å². The quantitative estimate of drug-likeness (QED) is 0.617. The second-order valence-corrected chi connectivity index (χ2v) is 5.80. The van der Waals surface area contributed by atoms with Crippen molar-refractivity contribution in [1.82, 2.24) is 4.90 Å². The number of ether oxygens (including phenoxy) is 2. The number of carbonyl (C=O) groups is 2. The molecule has 1 aromatic carbocycles. The van der Waals surface area contributed by atoms with Crippen molar-refractivity contribution in [2.75, 3.05) is 13.2 Å². The summed E-state index contributed by atoms with van der Waals surface area (Å²) in [4.78, 5) is 25.8. The molecule has 1 aliphatic heterocycles. The van der Waals surface area contributed by atoms with Crippen LogP contribution in [0.4, 0.5) is 4.79 Å². The summed E-state index contributed by atoms with van der Waals surface area (Å²) in [5.74, 6) is -0.370. The van der Waals surface area contributed by atoms with E-state index in [1.165, 1.54) is 4.90 Å². The molecule has 0 unspecified atom stereocenters. The van der Waals surface area contributed by atoms with Crippen LogP contribution in [0.15, 0.2) is 42.0 Å². The Labute approximate surface area is 136 Å². The molecule has 0 bridgehead atoms. The summed E-state index contributed by atoms with van der Waals surface area (Å²) < 4.78 is 10.5. The van der Waals surface area contributed by atoms with Gasteiger partial charge in [0.05, 0.1) is 0 Å². The van der Waals surface area contributed by atoms with Gasteiger partial charge in [0.2, 0.25) is 0 Å². The number of allylic oxidation sites excluding steroid dienone is 1. The summed E-state index contributed by atoms with van der Waals surface area (Å²) in [6, 6.07) is 8.95. The van der Waals surface area contributed by atoms with Gasteiger partial charge in [-0.05, 0) is 38.3 Å². The van der Waals surface area contributed by atoms with Crippen LogP contribution in [0.1, 0.15) is 32.3 Å². The minimum absolute atomic E-state index is 0.219. The van der Waals surface area contributed by atoms with Crippen LogP contribution in [0.5, 0.6) is 0 Å². The summed E-state index contributed by atoms with van der Waals surface area (Å²) in [5, 5.41) is 0. The fourth-order valence-corrected chi connectivity index (χ4v) is 2.42. The molecule has 1 aromatic rings. The minimum atomic E-state index is -0.544. The first-order chi connectivity index (χ1) is 11.1. The number of hydrogen-bond donors (Lipinski definition) is 0. The number of hydrogen-bond acceptors (Lipinski definition) is 4. The van der Waals surface area contributed by atoms with E-state index in [0.717, 1.165) is 17.6 Å². The lowest BCUT2D eigenvalue weighted by Crippen LogP contribution is -2.41. The highest BCUT2D eigenvalue weighted by Gasteiger charge is 2.36. The summed E-state index contributed by atoms with van der Waals surface area (Å²) in [6.45, 7) is 4.85. The number of benzene rings is 1. The first-order valence-electron chi connectivity index (χ1n) is 7.85. The fourth-order valence-electron chi connectivity index (χ4n) is 2.42. The maximum atomic E-state index is 12.2. The highest BCUT2D eigenvalue weighted by Crippen LogP contribution is 2.20. The van der Waals surface area contributed by atoms with Gasteiger partial charge in [-0.3, -0.25) is 4.90 Å². The van der Waals surface area contributed by atoms with E-state index in [4.69, 9.17) is 9.47 Å². The summed E-state index contributed by atoms with van der Waals surface area (Å²) >= 11 is 0. The van der Waals surface area contributed by atoms with E-state index in [-0.39, 0.29) is 19.2 Å². The van der Waals surface area contributed by atoms with E-state index < -0.39 is 12.1 Å². The van der Waals surface area contributed by atoms with E-state index in [9.17, 15) is 9.59 Å². The van der Waals surface area contributed by atoms with Crippen LogP contribution >= 0.6 is 0 Å². The van der Waals surface area contributed by atoms with E-state index in [1.54, 1.807) is 0 Å². The van der Waals surface area contributed by atoms with Crippen molar-refractivity contribution in [3.8, 4) is 0 Å². The van der Waals surface area contributed by atoms with E-state index in [0.29, 0.717) is 13.0 Å². The molecule has 23 heavy (non-hydrogen) atoms. The molecule has 1 atom stereocenters. The maximum Gasteiger partial charge on any atom is 0.410 e. The van der Waals surface area contributed by atoms with Crippen LogP contribution in [-0.4, -0.2) is 36.2 Å². The number of carbonyl (C=O) groups excluding carboxylic acids is 2. The normalized spacial score (nSPS) is 16.8. The summed E-state index contributed by atoms with van der Waals surface area (Å²) in [7, 11) is 0. The van der Waals surface area contributed by atoms with Crippen LogP contribution in [0, 0.1) is 0 Å². The zero-order chi connectivity index (χ0) is 16.7. The first kappa shape index (κ1) is 17.1. The number of rotatable bonds is 5. The molecular weight excluding hydrogens is 294 g/mol. The Morgan fingerprint density at radius 3 is 2.65 bits per heavy atom. The van der Waals surface area contributed by atoms with Gasteiger partial charge in [-0.2, -0.15) is 0 Å². The summed E-state index contributed by atoms with van der Waals surface area (Å²) in [6.07, 6.45) is 2.77. The Hall–Kier alpha value is -2.30. The van der Waals surface area contributed by atoms with Crippen LogP contribution in [0.3, 0.4) is 0 Å². The molecule has 0 saturated carbocycles. The van der Waals surface area contributed by atoms with Gasteiger partial charge in [0.25, 0.3) is 0 Å². The molecule has 1 fully saturated rings. The molecular formula is C18H23NO4. The maximum absolute atomic E-state index is 12.2.